The van der Waals surface area contributed by atoms with Gasteiger partial charge in [-0.25, -0.2) is 13.6 Å². The fourth-order valence-corrected chi connectivity index (χ4v) is 5.03. The number of furan rings is 1. The van der Waals surface area contributed by atoms with Gasteiger partial charge in [0.1, 0.15) is 0 Å². The van der Waals surface area contributed by atoms with Crippen molar-refractivity contribution >= 4 is 27.5 Å². The second-order valence-electron chi connectivity index (χ2n) is 8.35. The van der Waals surface area contributed by atoms with Crippen LogP contribution in [-0.2, 0) is 10.0 Å². The summed E-state index contributed by atoms with van der Waals surface area (Å²) >= 11 is 0. The van der Waals surface area contributed by atoms with Crippen molar-refractivity contribution in [3.8, 4) is 0 Å². The van der Waals surface area contributed by atoms with Crippen LogP contribution in [0.3, 0.4) is 0 Å². The molecule has 0 spiro atoms. The Morgan fingerprint density at radius 3 is 2.28 bits per heavy atom. The highest BCUT2D eigenvalue weighted by atomic mass is 32.2. The van der Waals surface area contributed by atoms with E-state index in [0.29, 0.717) is 24.7 Å². The molecule has 0 saturated carbocycles. The summed E-state index contributed by atoms with van der Waals surface area (Å²) in [5.74, 6) is 0.241. The van der Waals surface area contributed by atoms with Crippen LogP contribution in [-0.4, -0.2) is 36.9 Å². The largest absolute Gasteiger partial charge is 0.405 e. The molecule has 1 aromatic carbocycles. The quantitative estimate of drug-likeness (QED) is 0.641. The van der Waals surface area contributed by atoms with Crippen molar-refractivity contribution < 1.29 is 28.3 Å². The van der Waals surface area contributed by atoms with E-state index in [1.807, 2.05) is 0 Å². The minimum atomic E-state index is -3.56. The first-order chi connectivity index (χ1) is 13.6. The van der Waals surface area contributed by atoms with E-state index >= 15 is 0 Å². The monoisotopic (exact) mass is 422 g/mol. The van der Waals surface area contributed by atoms with Gasteiger partial charge >= 0.3 is 5.88 Å². The van der Waals surface area contributed by atoms with E-state index in [2.05, 4.69) is 26.1 Å². The molecule has 9 heteroatoms. The van der Waals surface area contributed by atoms with Crippen LogP contribution < -0.4 is 10.8 Å². The molecule has 2 aromatic rings. The lowest BCUT2D eigenvalue weighted by Crippen LogP contribution is -2.73. The Morgan fingerprint density at radius 1 is 1.14 bits per heavy atom. The van der Waals surface area contributed by atoms with Crippen LogP contribution in [0.5, 0.6) is 0 Å². The number of benzene rings is 1. The van der Waals surface area contributed by atoms with E-state index in [0.717, 1.165) is 18.3 Å². The van der Waals surface area contributed by atoms with E-state index in [1.54, 1.807) is 16.4 Å². The van der Waals surface area contributed by atoms with Gasteiger partial charge in [0, 0.05) is 24.8 Å². The summed E-state index contributed by atoms with van der Waals surface area (Å²) in [5, 5.41) is 11.5. The highest BCUT2D eigenvalue weighted by Gasteiger charge is 2.33. The number of nitrogens with two attached hydrogens (primary N) is 1. The summed E-state index contributed by atoms with van der Waals surface area (Å²) in [7, 11) is -3.56. The summed E-state index contributed by atoms with van der Waals surface area (Å²) in [6.45, 7) is 7.62. The third-order valence-corrected chi connectivity index (χ3v) is 7.32. The van der Waals surface area contributed by atoms with E-state index in [9.17, 15) is 13.2 Å². The molecule has 0 unspecified atom stereocenters. The Balaban J connectivity index is 1.65. The molecule has 3 rings (SSSR count). The van der Waals surface area contributed by atoms with Gasteiger partial charge in [-0.15, -0.1) is 5.48 Å². The number of nitrogens with zero attached hydrogens (tertiary/aromatic N) is 1. The number of hydrogen-bond acceptors (Lipinski definition) is 5. The van der Waals surface area contributed by atoms with Crippen LogP contribution in [0.4, 0.5) is 11.6 Å². The van der Waals surface area contributed by atoms with Crippen molar-refractivity contribution in [3.63, 3.8) is 0 Å². The Hall–Kier alpha value is -2.20. The molecule has 1 amide bonds. The maximum Gasteiger partial charge on any atom is 0.326 e. The zero-order valence-electron chi connectivity index (χ0n) is 16.9. The van der Waals surface area contributed by atoms with Gasteiger partial charge in [-0.2, -0.15) is 4.31 Å². The summed E-state index contributed by atoms with van der Waals surface area (Å²) in [6, 6.07) is 9.00. The number of anilines is 1. The Bertz CT molecular complexity index is 953. The number of nitrogens with one attached hydrogen (secondary N) is 1. The molecule has 0 aliphatic carbocycles. The zero-order valence-corrected chi connectivity index (χ0v) is 17.7. The van der Waals surface area contributed by atoms with Crippen LogP contribution >= 0.6 is 0 Å². The predicted molar refractivity (Wildman–Crippen MR) is 107 cm³/mol. The highest BCUT2D eigenvalue weighted by Crippen LogP contribution is 2.35. The summed E-state index contributed by atoms with van der Waals surface area (Å²) in [6.07, 6.45) is 1.71. The number of piperidine rings is 1. The summed E-state index contributed by atoms with van der Waals surface area (Å²) in [4.78, 5) is 12.4. The van der Waals surface area contributed by atoms with E-state index in [1.165, 1.54) is 24.3 Å². The molecular formula is C20H28N3O5S+. The lowest BCUT2D eigenvalue weighted by molar-refractivity contribution is -0.833. The molecule has 1 aromatic heterocycles. The van der Waals surface area contributed by atoms with E-state index < -0.39 is 15.9 Å². The van der Waals surface area contributed by atoms with Crippen LogP contribution in [0.1, 0.15) is 44.2 Å². The van der Waals surface area contributed by atoms with Crippen molar-refractivity contribution in [2.75, 3.05) is 18.4 Å². The Labute approximate surface area is 170 Å². The van der Waals surface area contributed by atoms with Gasteiger partial charge in [-0.1, -0.05) is 20.8 Å². The van der Waals surface area contributed by atoms with Gasteiger partial charge < -0.3 is 9.73 Å². The second kappa shape index (κ2) is 8.27. The maximum atomic E-state index is 12.9. The average Bonchev–Trinajstić information content (AvgIpc) is 3.17. The molecule has 0 atom stereocenters. The number of amides is 1. The number of quaternary nitrogens is 1. The van der Waals surface area contributed by atoms with Crippen molar-refractivity contribution in [2.45, 2.75) is 38.5 Å². The van der Waals surface area contributed by atoms with Gasteiger partial charge in [0.05, 0.1) is 4.90 Å². The SMILES string of the molecule is CC(C)(C)C1CCN(S(=O)(=O)c2ccc(NC(=O)c3ccc([NH2+]O)o3)cc2)CC1. The average molecular weight is 423 g/mol. The minimum Gasteiger partial charge on any atom is -0.405 e. The molecule has 1 saturated heterocycles. The van der Waals surface area contributed by atoms with Crippen LogP contribution in [0.15, 0.2) is 45.7 Å². The number of sulfonamides is 1. The predicted octanol–water partition coefficient (Wildman–Crippen LogP) is 2.56. The first-order valence-corrected chi connectivity index (χ1v) is 11.0. The molecule has 29 heavy (non-hydrogen) atoms. The first kappa shape index (κ1) is 21.5. The van der Waals surface area contributed by atoms with Crippen LogP contribution in [0, 0.1) is 11.3 Å². The van der Waals surface area contributed by atoms with Crippen LogP contribution in [0.25, 0.3) is 0 Å². The molecule has 2 heterocycles. The van der Waals surface area contributed by atoms with Crippen molar-refractivity contribution in [2.24, 2.45) is 11.3 Å². The lowest BCUT2D eigenvalue weighted by atomic mass is 9.76. The number of hydrogen-bond donors (Lipinski definition) is 3. The fraction of sp³-hybridized carbons (Fsp3) is 0.450. The van der Waals surface area contributed by atoms with Crippen molar-refractivity contribution in [3.05, 3.63) is 42.2 Å². The van der Waals surface area contributed by atoms with Gasteiger partial charge in [-0.05, 0) is 54.5 Å². The molecule has 0 bridgehead atoms. The molecule has 8 nitrogen and oxygen atoms in total. The Kier molecular flexibility index (Phi) is 6.13. The zero-order chi connectivity index (χ0) is 21.2. The second-order valence-corrected chi connectivity index (χ2v) is 10.3. The van der Waals surface area contributed by atoms with Gasteiger partial charge in [0.25, 0.3) is 5.91 Å². The molecule has 1 fully saturated rings. The normalized spacial score (nSPS) is 16.7. The number of rotatable bonds is 5. The molecule has 158 valence electrons. The molecule has 1 aliphatic rings. The van der Waals surface area contributed by atoms with Crippen molar-refractivity contribution in [1.82, 2.24) is 4.31 Å². The molecule has 4 N–H and O–H groups in total. The lowest BCUT2D eigenvalue weighted by Gasteiger charge is -2.38. The van der Waals surface area contributed by atoms with E-state index in [4.69, 9.17) is 9.62 Å². The molecule has 0 radical (unpaired) electrons. The van der Waals surface area contributed by atoms with E-state index in [-0.39, 0.29) is 22.0 Å². The highest BCUT2D eigenvalue weighted by molar-refractivity contribution is 7.89. The third kappa shape index (κ3) is 4.87. The standard InChI is InChI=1S/C20H27N3O5S/c1-20(2,3)14-10-12-23(13-11-14)29(26,27)16-6-4-15(5-7-16)21-19(24)17-8-9-18(22-25)28-17/h4-9,14,22,25H,10-13H2,1-3H3,(H,21,24)/p+1. The first-order valence-electron chi connectivity index (χ1n) is 9.60. The van der Waals surface area contributed by atoms with Crippen LogP contribution in [0.2, 0.25) is 0 Å². The molecular weight excluding hydrogens is 394 g/mol. The smallest absolute Gasteiger partial charge is 0.326 e. The topological polar surface area (TPSA) is 116 Å². The number of carbonyl (C=O) groups is 1. The summed E-state index contributed by atoms with van der Waals surface area (Å²) < 4.78 is 32.5. The summed E-state index contributed by atoms with van der Waals surface area (Å²) in [5.41, 5.74) is 1.40. The van der Waals surface area contributed by atoms with Gasteiger partial charge in [0.2, 0.25) is 10.0 Å². The molecule has 1 aliphatic heterocycles. The van der Waals surface area contributed by atoms with Crippen molar-refractivity contribution in [1.29, 1.82) is 0 Å². The minimum absolute atomic E-state index is 0.0451. The van der Waals surface area contributed by atoms with Gasteiger partial charge in [0.15, 0.2) is 5.76 Å². The maximum absolute atomic E-state index is 12.9. The Morgan fingerprint density at radius 2 is 1.76 bits per heavy atom. The van der Waals surface area contributed by atoms with Gasteiger partial charge in [-0.3, -0.25) is 4.79 Å². The number of carbonyl (C=O) groups excluding carboxylic acids is 1. The fourth-order valence-electron chi connectivity index (χ4n) is 3.56. The third-order valence-electron chi connectivity index (χ3n) is 5.41.